The van der Waals surface area contributed by atoms with Crippen molar-refractivity contribution >= 4 is 23.7 Å². The topological polar surface area (TPSA) is 80.7 Å². The molecule has 5 N–H and O–H groups in total. The van der Waals surface area contributed by atoms with Crippen LogP contribution in [0.2, 0.25) is 0 Å². The van der Waals surface area contributed by atoms with Gasteiger partial charge in [0.05, 0.1) is 0 Å². The molecule has 1 heterocycles. The van der Waals surface area contributed by atoms with E-state index < -0.39 is 0 Å². The van der Waals surface area contributed by atoms with Crippen LogP contribution in [-0.4, -0.2) is 9.97 Å². The summed E-state index contributed by atoms with van der Waals surface area (Å²) in [5.74, 6) is 1.24. The van der Waals surface area contributed by atoms with Crippen LogP contribution >= 0.6 is 12.2 Å². The molecule has 0 spiro atoms. The van der Waals surface area contributed by atoms with Crippen molar-refractivity contribution in [3.63, 3.8) is 0 Å². The van der Waals surface area contributed by atoms with Crippen LogP contribution in [0.15, 0.2) is 0 Å². The molecule has 0 saturated carbocycles. The number of hydrogen-bond donors (Lipinski definition) is 3. The van der Waals surface area contributed by atoms with Gasteiger partial charge in [0.2, 0.25) is 0 Å². The molecule has 0 aliphatic rings. The van der Waals surface area contributed by atoms with Gasteiger partial charge in [-0.1, -0.05) is 25.6 Å². The summed E-state index contributed by atoms with van der Waals surface area (Å²) in [5, 5.41) is 0. The molecule has 4 nitrogen and oxygen atoms in total. The third-order valence-corrected chi connectivity index (χ3v) is 2.11. The average molecular weight is 198 g/mol. The summed E-state index contributed by atoms with van der Waals surface area (Å²) in [6.45, 7) is 2.12. The molecule has 0 radical (unpaired) electrons. The first-order valence-corrected chi connectivity index (χ1v) is 4.70. The van der Waals surface area contributed by atoms with Gasteiger partial charge in [-0.05, 0) is 6.42 Å². The predicted molar refractivity (Wildman–Crippen MR) is 56.9 cm³/mol. The van der Waals surface area contributed by atoms with Crippen molar-refractivity contribution in [1.82, 2.24) is 9.97 Å². The molecule has 0 aliphatic carbocycles. The maximum atomic E-state index is 5.61. The monoisotopic (exact) mass is 198 g/mol. The minimum atomic E-state index is 0.371. The fraction of sp³-hybridized carbons (Fsp3) is 0.500. The van der Waals surface area contributed by atoms with Gasteiger partial charge in [-0.25, -0.2) is 4.98 Å². The second-order valence-corrected chi connectivity index (χ2v) is 3.31. The summed E-state index contributed by atoms with van der Waals surface area (Å²) in [5.41, 5.74) is 11.5. The Kier molecular flexibility index (Phi) is 3.25. The normalized spacial score (nSPS) is 10.2. The summed E-state index contributed by atoms with van der Waals surface area (Å²) in [4.78, 5) is 7.05. The average Bonchev–Trinajstić information content (AvgIpc) is 2.10. The van der Waals surface area contributed by atoms with Crippen LogP contribution in [0.25, 0.3) is 0 Å². The molecule has 72 valence electrons. The molecule has 0 unspecified atom stereocenters. The van der Waals surface area contributed by atoms with Gasteiger partial charge in [0.15, 0.2) is 4.64 Å². The number of hydrogen-bond acceptors (Lipinski definition) is 4. The van der Waals surface area contributed by atoms with E-state index in [9.17, 15) is 0 Å². The quantitative estimate of drug-likeness (QED) is 0.645. The molecule has 1 aromatic rings. The number of aromatic nitrogens is 2. The molecule has 0 saturated heterocycles. The lowest BCUT2D eigenvalue weighted by Crippen LogP contribution is -2.04. The van der Waals surface area contributed by atoms with E-state index in [1.807, 2.05) is 0 Å². The third kappa shape index (κ3) is 2.42. The Morgan fingerprint density at radius 1 is 1.46 bits per heavy atom. The van der Waals surface area contributed by atoms with Crippen molar-refractivity contribution < 1.29 is 0 Å². The van der Waals surface area contributed by atoms with E-state index >= 15 is 0 Å². The highest BCUT2D eigenvalue weighted by molar-refractivity contribution is 7.71. The highest BCUT2D eigenvalue weighted by Crippen LogP contribution is 2.12. The SMILES string of the molecule is CCCCc1nc(=S)c(N)c(N)[nH]1. The molecule has 1 aromatic heterocycles. The zero-order valence-electron chi connectivity index (χ0n) is 7.63. The van der Waals surface area contributed by atoms with Crippen LogP contribution in [0.1, 0.15) is 25.6 Å². The van der Waals surface area contributed by atoms with Crippen LogP contribution in [0.5, 0.6) is 0 Å². The Morgan fingerprint density at radius 3 is 2.69 bits per heavy atom. The molecule has 13 heavy (non-hydrogen) atoms. The third-order valence-electron chi connectivity index (χ3n) is 1.80. The zero-order chi connectivity index (χ0) is 9.84. The first kappa shape index (κ1) is 9.98. The Labute approximate surface area is 82.4 Å². The van der Waals surface area contributed by atoms with Crippen LogP contribution in [0.3, 0.4) is 0 Å². The van der Waals surface area contributed by atoms with Gasteiger partial charge in [-0.15, -0.1) is 0 Å². The minimum Gasteiger partial charge on any atom is -0.393 e. The highest BCUT2D eigenvalue weighted by Gasteiger charge is 2.01. The summed E-state index contributed by atoms with van der Waals surface area (Å²) in [6, 6.07) is 0. The fourth-order valence-corrected chi connectivity index (χ4v) is 1.23. The van der Waals surface area contributed by atoms with Crippen LogP contribution in [0.4, 0.5) is 11.5 Å². The Balaban J connectivity index is 2.93. The molecule has 1 rings (SSSR count). The number of aromatic amines is 1. The molecule has 0 atom stereocenters. The molecule has 5 heteroatoms. The van der Waals surface area contributed by atoms with Crippen molar-refractivity contribution in [2.45, 2.75) is 26.2 Å². The maximum Gasteiger partial charge on any atom is 0.154 e. The van der Waals surface area contributed by atoms with Crippen LogP contribution in [0, 0.1) is 4.64 Å². The molecule has 0 bridgehead atoms. The van der Waals surface area contributed by atoms with E-state index in [0.717, 1.165) is 25.1 Å². The number of nitrogens with one attached hydrogen (secondary N) is 1. The van der Waals surface area contributed by atoms with Gasteiger partial charge in [0, 0.05) is 6.42 Å². The molecular weight excluding hydrogens is 184 g/mol. The summed E-state index contributed by atoms with van der Waals surface area (Å²) in [7, 11) is 0. The van der Waals surface area contributed by atoms with E-state index in [-0.39, 0.29) is 0 Å². The van der Waals surface area contributed by atoms with Crippen molar-refractivity contribution in [3.05, 3.63) is 10.5 Å². The van der Waals surface area contributed by atoms with Crippen LogP contribution < -0.4 is 11.5 Å². The molecule has 0 aromatic carbocycles. The Hall–Kier alpha value is -1.10. The van der Waals surface area contributed by atoms with Gasteiger partial charge < -0.3 is 16.5 Å². The molecule has 0 amide bonds. The van der Waals surface area contributed by atoms with Gasteiger partial charge in [-0.2, -0.15) is 0 Å². The number of anilines is 2. The lowest BCUT2D eigenvalue weighted by Gasteiger charge is -2.04. The first-order valence-electron chi connectivity index (χ1n) is 4.29. The number of aryl methyl sites for hydroxylation is 1. The Morgan fingerprint density at radius 2 is 2.15 bits per heavy atom. The number of nitrogens with zero attached hydrogens (tertiary/aromatic N) is 1. The standard InChI is InChI=1S/C8H14N4S/c1-2-3-4-5-11-7(10)6(9)8(13)12-5/h2-4,9H2,1H3,(H3,10,11,12,13). The summed E-state index contributed by atoms with van der Waals surface area (Å²) < 4.78 is 0.391. The minimum absolute atomic E-state index is 0.371. The van der Waals surface area contributed by atoms with E-state index in [2.05, 4.69) is 16.9 Å². The number of nitrogens with two attached hydrogens (primary N) is 2. The number of nitrogen functional groups attached to an aromatic ring is 2. The fourth-order valence-electron chi connectivity index (χ4n) is 1.01. The lowest BCUT2D eigenvalue weighted by molar-refractivity contribution is 0.753. The molecule has 0 aliphatic heterocycles. The number of H-pyrrole nitrogens is 1. The largest absolute Gasteiger partial charge is 0.393 e. The number of rotatable bonds is 3. The van der Waals surface area contributed by atoms with Gasteiger partial charge in [-0.3, -0.25) is 0 Å². The second-order valence-electron chi connectivity index (χ2n) is 2.92. The van der Waals surface area contributed by atoms with Gasteiger partial charge in [0.1, 0.15) is 17.3 Å². The van der Waals surface area contributed by atoms with Gasteiger partial charge in [0.25, 0.3) is 0 Å². The maximum absolute atomic E-state index is 5.61. The smallest absolute Gasteiger partial charge is 0.154 e. The van der Waals surface area contributed by atoms with Crippen LogP contribution in [-0.2, 0) is 6.42 Å². The summed E-state index contributed by atoms with van der Waals surface area (Å²) in [6.07, 6.45) is 3.05. The van der Waals surface area contributed by atoms with Crippen molar-refractivity contribution in [2.75, 3.05) is 11.5 Å². The lowest BCUT2D eigenvalue weighted by atomic mass is 10.2. The zero-order valence-corrected chi connectivity index (χ0v) is 8.45. The number of unbranched alkanes of at least 4 members (excludes halogenated alkanes) is 1. The van der Waals surface area contributed by atoms with E-state index in [4.69, 9.17) is 23.7 Å². The van der Waals surface area contributed by atoms with E-state index in [0.29, 0.717) is 16.1 Å². The molecular formula is C8H14N4S. The summed E-state index contributed by atoms with van der Waals surface area (Å²) >= 11 is 4.94. The molecule has 0 fully saturated rings. The van der Waals surface area contributed by atoms with E-state index in [1.165, 1.54) is 0 Å². The second kappa shape index (κ2) is 4.23. The van der Waals surface area contributed by atoms with E-state index in [1.54, 1.807) is 0 Å². The highest BCUT2D eigenvalue weighted by atomic mass is 32.1. The Bertz CT molecular complexity index is 344. The predicted octanol–water partition coefficient (Wildman–Crippen LogP) is 1.65. The van der Waals surface area contributed by atoms with Crippen molar-refractivity contribution in [2.24, 2.45) is 0 Å². The van der Waals surface area contributed by atoms with Gasteiger partial charge >= 0.3 is 0 Å². The van der Waals surface area contributed by atoms with Crippen molar-refractivity contribution in [1.29, 1.82) is 0 Å². The first-order chi connectivity index (χ1) is 6.15. The van der Waals surface area contributed by atoms with Crippen molar-refractivity contribution in [3.8, 4) is 0 Å².